The van der Waals surface area contributed by atoms with Gasteiger partial charge in [0.05, 0.1) is 6.10 Å². The minimum Gasteiger partial charge on any atom is -0.457 e. The van der Waals surface area contributed by atoms with E-state index in [2.05, 4.69) is 15.9 Å². The summed E-state index contributed by atoms with van der Waals surface area (Å²) >= 11 is 3.30. The van der Waals surface area contributed by atoms with Gasteiger partial charge in [0.25, 0.3) is 0 Å². The number of halogens is 3. The minimum absolute atomic E-state index is 0.0780. The molecule has 0 fully saturated rings. The van der Waals surface area contributed by atoms with Gasteiger partial charge in [-0.1, -0.05) is 22.0 Å². The van der Waals surface area contributed by atoms with E-state index in [1.54, 1.807) is 25.1 Å². The molecule has 0 spiro atoms. The summed E-state index contributed by atoms with van der Waals surface area (Å²) in [6, 6.07) is 7.90. The Morgan fingerprint density at radius 1 is 1.05 bits per heavy atom. The van der Waals surface area contributed by atoms with Crippen LogP contribution >= 0.6 is 15.9 Å². The van der Waals surface area contributed by atoms with Gasteiger partial charge in [0.2, 0.25) is 0 Å². The summed E-state index contributed by atoms with van der Waals surface area (Å²) in [6.45, 7) is 1.64. The molecular formula is C14H11BrF2O2. The molecule has 0 aliphatic carbocycles. The Bertz CT molecular complexity index is 580. The largest absolute Gasteiger partial charge is 0.457 e. The van der Waals surface area contributed by atoms with Gasteiger partial charge in [-0.3, -0.25) is 0 Å². The quantitative estimate of drug-likeness (QED) is 0.894. The SMILES string of the molecule is CC(O)c1ccc(Oc2cc(F)cc(F)c2)cc1Br. The van der Waals surface area contributed by atoms with Gasteiger partial charge >= 0.3 is 0 Å². The molecule has 2 aromatic rings. The molecule has 1 N–H and O–H groups in total. The Morgan fingerprint density at radius 2 is 1.68 bits per heavy atom. The summed E-state index contributed by atoms with van der Waals surface area (Å²) in [6.07, 6.45) is -0.616. The molecule has 100 valence electrons. The normalized spacial score (nSPS) is 12.3. The van der Waals surface area contributed by atoms with Crippen molar-refractivity contribution < 1.29 is 18.6 Å². The molecule has 5 heteroatoms. The van der Waals surface area contributed by atoms with Crippen LogP contribution in [-0.4, -0.2) is 5.11 Å². The van der Waals surface area contributed by atoms with Crippen molar-refractivity contribution in [3.63, 3.8) is 0 Å². The van der Waals surface area contributed by atoms with E-state index in [-0.39, 0.29) is 5.75 Å². The molecule has 0 aromatic heterocycles. The Morgan fingerprint density at radius 3 is 2.21 bits per heavy atom. The monoisotopic (exact) mass is 328 g/mol. The maximum atomic E-state index is 13.0. The molecule has 0 bridgehead atoms. The molecule has 1 unspecified atom stereocenters. The highest BCUT2D eigenvalue weighted by molar-refractivity contribution is 9.10. The second kappa shape index (κ2) is 5.67. The van der Waals surface area contributed by atoms with Gasteiger partial charge in [-0.25, -0.2) is 8.78 Å². The van der Waals surface area contributed by atoms with Gasteiger partial charge in [-0.2, -0.15) is 0 Å². The van der Waals surface area contributed by atoms with Gasteiger partial charge in [-0.15, -0.1) is 0 Å². The summed E-state index contributed by atoms with van der Waals surface area (Å²) < 4.78 is 32.1. The van der Waals surface area contributed by atoms with E-state index in [1.165, 1.54) is 0 Å². The van der Waals surface area contributed by atoms with Crippen LogP contribution in [0.15, 0.2) is 40.9 Å². The molecule has 0 amide bonds. The van der Waals surface area contributed by atoms with Crippen LogP contribution in [0.2, 0.25) is 0 Å². The zero-order chi connectivity index (χ0) is 14.0. The Hall–Kier alpha value is -1.46. The summed E-state index contributed by atoms with van der Waals surface area (Å²) in [5, 5.41) is 9.49. The number of hydrogen-bond donors (Lipinski definition) is 1. The molecule has 2 nitrogen and oxygen atoms in total. The average molecular weight is 329 g/mol. The first-order chi connectivity index (χ1) is 8.95. The first kappa shape index (κ1) is 14.0. The van der Waals surface area contributed by atoms with Crippen LogP contribution in [0.4, 0.5) is 8.78 Å². The fraction of sp³-hybridized carbons (Fsp3) is 0.143. The van der Waals surface area contributed by atoms with Crippen molar-refractivity contribution in [2.75, 3.05) is 0 Å². The van der Waals surface area contributed by atoms with Gasteiger partial charge in [0.15, 0.2) is 0 Å². The van der Waals surface area contributed by atoms with Crippen molar-refractivity contribution in [3.8, 4) is 11.5 Å². The van der Waals surface area contributed by atoms with Crippen molar-refractivity contribution in [1.29, 1.82) is 0 Å². The molecule has 0 radical (unpaired) electrons. The first-order valence-corrected chi connectivity index (χ1v) is 6.36. The van der Waals surface area contributed by atoms with Gasteiger partial charge in [0.1, 0.15) is 23.1 Å². The van der Waals surface area contributed by atoms with Gasteiger partial charge in [-0.05, 0) is 24.6 Å². The second-order valence-corrected chi connectivity index (χ2v) is 4.92. The third-order valence-corrected chi connectivity index (χ3v) is 3.18. The lowest BCUT2D eigenvalue weighted by molar-refractivity contribution is 0.198. The van der Waals surface area contributed by atoms with Crippen molar-refractivity contribution in [2.45, 2.75) is 13.0 Å². The Labute approximate surface area is 117 Å². The first-order valence-electron chi connectivity index (χ1n) is 5.57. The molecule has 0 saturated carbocycles. The zero-order valence-electron chi connectivity index (χ0n) is 10.0. The fourth-order valence-corrected chi connectivity index (χ4v) is 2.32. The molecule has 2 aromatic carbocycles. The third-order valence-electron chi connectivity index (χ3n) is 2.49. The van der Waals surface area contributed by atoms with Crippen LogP contribution in [0.3, 0.4) is 0 Å². The lowest BCUT2D eigenvalue weighted by atomic mass is 10.1. The number of aliphatic hydroxyl groups is 1. The zero-order valence-corrected chi connectivity index (χ0v) is 11.6. The van der Waals surface area contributed by atoms with E-state index in [0.717, 1.165) is 18.2 Å². The summed E-state index contributed by atoms with van der Waals surface area (Å²) in [4.78, 5) is 0. The molecule has 1 atom stereocenters. The fourth-order valence-electron chi connectivity index (χ4n) is 1.63. The van der Waals surface area contributed by atoms with Crippen LogP contribution in [0, 0.1) is 11.6 Å². The van der Waals surface area contributed by atoms with Crippen LogP contribution in [0.1, 0.15) is 18.6 Å². The highest BCUT2D eigenvalue weighted by Crippen LogP contribution is 2.30. The molecule has 0 saturated heterocycles. The average Bonchev–Trinajstić information content (AvgIpc) is 2.26. The Balaban J connectivity index is 2.26. The number of hydrogen-bond acceptors (Lipinski definition) is 2. The maximum absolute atomic E-state index is 13.0. The number of aliphatic hydroxyl groups excluding tert-OH is 1. The maximum Gasteiger partial charge on any atom is 0.133 e. The predicted octanol–water partition coefficient (Wildman–Crippen LogP) is 4.57. The van der Waals surface area contributed by atoms with E-state index in [0.29, 0.717) is 15.8 Å². The highest BCUT2D eigenvalue weighted by Gasteiger charge is 2.08. The number of ether oxygens (including phenoxy) is 1. The van der Waals surface area contributed by atoms with E-state index in [9.17, 15) is 13.9 Å². The summed E-state index contributed by atoms with van der Waals surface area (Å²) in [5.41, 5.74) is 0.706. The topological polar surface area (TPSA) is 29.5 Å². The van der Waals surface area contributed by atoms with Crippen molar-refractivity contribution in [1.82, 2.24) is 0 Å². The van der Waals surface area contributed by atoms with Crippen LogP contribution in [0.5, 0.6) is 11.5 Å². The number of rotatable bonds is 3. The lowest BCUT2D eigenvalue weighted by Crippen LogP contribution is -1.93. The summed E-state index contributed by atoms with van der Waals surface area (Å²) in [5.74, 6) is -0.903. The lowest BCUT2D eigenvalue weighted by Gasteiger charge is -2.11. The van der Waals surface area contributed by atoms with Crippen molar-refractivity contribution in [2.24, 2.45) is 0 Å². The molecular weight excluding hydrogens is 318 g/mol. The second-order valence-electron chi connectivity index (χ2n) is 4.07. The third kappa shape index (κ3) is 3.52. The van der Waals surface area contributed by atoms with E-state index >= 15 is 0 Å². The molecule has 19 heavy (non-hydrogen) atoms. The van der Waals surface area contributed by atoms with Crippen LogP contribution in [0.25, 0.3) is 0 Å². The van der Waals surface area contributed by atoms with E-state index in [1.807, 2.05) is 0 Å². The van der Waals surface area contributed by atoms with E-state index in [4.69, 9.17) is 4.74 Å². The van der Waals surface area contributed by atoms with Gasteiger partial charge in [0, 0.05) is 22.7 Å². The highest BCUT2D eigenvalue weighted by atomic mass is 79.9. The molecule has 0 aliphatic rings. The predicted molar refractivity (Wildman–Crippen MR) is 71.2 cm³/mol. The molecule has 0 heterocycles. The minimum atomic E-state index is -0.699. The van der Waals surface area contributed by atoms with Crippen molar-refractivity contribution in [3.05, 3.63) is 58.1 Å². The standard InChI is InChI=1S/C14H11BrF2O2/c1-8(18)13-3-2-11(7-14(13)15)19-12-5-9(16)4-10(17)6-12/h2-8,18H,1H3. The molecule has 2 rings (SSSR count). The molecule has 0 aliphatic heterocycles. The van der Waals surface area contributed by atoms with E-state index < -0.39 is 17.7 Å². The number of benzene rings is 2. The van der Waals surface area contributed by atoms with Crippen molar-refractivity contribution >= 4 is 15.9 Å². The smallest absolute Gasteiger partial charge is 0.133 e. The van der Waals surface area contributed by atoms with Crippen LogP contribution < -0.4 is 4.74 Å². The van der Waals surface area contributed by atoms with Crippen LogP contribution in [-0.2, 0) is 0 Å². The Kier molecular flexibility index (Phi) is 4.17. The summed E-state index contributed by atoms with van der Waals surface area (Å²) in [7, 11) is 0. The van der Waals surface area contributed by atoms with Gasteiger partial charge < -0.3 is 9.84 Å².